The molecule has 0 aliphatic heterocycles. The third-order valence-electron chi connectivity index (χ3n) is 2.93. The van der Waals surface area contributed by atoms with E-state index in [1.54, 1.807) is 24.3 Å². The van der Waals surface area contributed by atoms with E-state index in [1.165, 1.54) is 18.2 Å². The van der Waals surface area contributed by atoms with Gasteiger partial charge in [0.1, 0.15) is 11.6 Å². The van der Waals surface area contributed by atoms with Gasteiger partial charge in [0.15, 0.2) is 0 Å². The molecule has 0 radical (unpaired) electrons. The van der Waals surface area contributed by atoms with Crippen molar-refractivity contribution >= 4 is 28.5 Å². The van der Waals surface area contributed by atoms with E-state index in [0.29, 0.717) is 9.13 Å². The first-order valence-corrected chi connectivity index (χ1v) is 7.10. The highest BCUT2D eigenvalue weighted by Gasteiger charge is 2.12. The molecule has 1 amide bonds. The smallest absolute Gasteiger partial charge is 0.251 e. The molecule has 0 aromatic heterocycles. The van der Waals surface area contributed by atoms with Crippen LogP contribution in [0.1, 0.15) is 28.9 Å². The van der Waals surface area contributed by atoms with Crippen molar-refractivity contribution in [2.45, 2.75) is 13.0 Å². The van der Waals surface area contributed by atoms with Crippen LogP contribution in [0, 0.1) is 9.39 Å². The van der Waals surface area contributed by atoms with Gasteiger partial charge in [-0.1, -0.05) is 12.1 Å². The molecule has 0 fully saturated rings. The Labute approximate surface area is 130 Å². The molecule has 2 rings (SSSR count). The second-order valence-electron chi connectivity index (χ2n) is 4.41. The van der Waals surface area contributed by atoms with Crippen molar-refractivity contribution in [3.8, 4) is 5.75 Å². The molecule has 0 saturated heterocycles. The molecular weight excluding hydrogens is 372 g/mol. The monoisotopic (exact) mass is 385 g/mol. The summed E-state index contributed by atoms with van der Waals surface area (Å²) in [6.45, 7) is 1.82. The summed E-state index contributed by atoms with van der Waals surface area (Å²) in [7, 11) is 0. The van der Waals surface area contributed by atoms with E-state index >= 15 is 0 Å². The third-order valence-corrected chi connectivity index (χ3v) is 3.84. The van der Waals surface area contributed by atoms with Crippen molar-refractivity contribution in [1.82, 2.24) is 5.32 Å². The average molecular weight is 385 g/mol. The lowest BCUT2D eigenvalue weighted by atomic mass is 10.1. The summed E-state index contributed by atoms with van der Waals surface area (Å²) in [5.41, 5.74) is 1.20. The Morgan fingerprint density at radius 1 is 1.25 bits per heavy atom. The van der Waals surface area contributed by atoms with Crippen LogP contribution in [0.15, 0.2) is 42.5 Å². The first-order valence-electron chi connectivity index (χ1n) is 6.02. The number of carbonyl (C=O) groups is 1. The maximum atomic E-state index is 12.8. The molecule has 5 heteroatoms. The van der Waals surface area contributed by atoms with Gasteiger partial charge < -0.3 is 10.4 Å². The minimum absolute atomic E-state index is 0.0766. The summed E-state index contributed by atoms with van der Waals surface area (Å²) in [5, 5.41) is 12.4. The van der Waals surface area contributed by atoms with E-state index in [2.05, 4.69) is 5.32 Å². The number of amides is 1. The van der Waals surface area contributed by atoms with Gasteiger partial charge in [0, 0.05) is 5.56 Å². The Hall–Kier alpha value is -1.63. The maximum Gasteiger partial charge on any atom is 0.251 e. The Bertz CT molecular complexity index is 628. The van der Waals surface area contributed by atoms with Crippen molar-refractivity contribution in [3.05, 3.63) is 63.0 Å². The number of halogens is 2. The Morgan fingerprint density at radius 3 is 2.50 bits per heavy atom. The summed E-state index contributed by atoms with van der Waals surface area (Å²) in [4.78, 5) is 12.1. The predicted octanol–water partition coefficient (Wildman–Crippen LogP) is 3.63. The zero-order valence-corrected chi connectivity index (χ0v) is 12.9. The van der Waals surface area contributed by atoms with E-state index in [9.17, 15) is 14.3 Å². The predicted molar refractivity (Wildman–Crippen MR) is 83.1 cm³/mol. The lowest BCUT2D eigenvalue weighted by molar-refractivity contribution is 0.0939. The number of benzene rings is 2. The van der Waals surface area contributed by atoms with Crippen molar-refractivity contribution in [1.29, 1.82) is 0 Å². The van der Waals surface area contributed by atoms with E-state index < -0.39 is 0 Å². The standard InChI is InChI=1S/C15H13FINO2/c1-9(10-2-5-12(16)6-3-10)18-15(20)11-4-7-13(17)14(19)8-11/h2-9,19H,1H3,(H,18,20). The van der Waals surface area contributed by atoms with Crippen molar-refractivity contribution in [2.24, 2.45) is 0 Å². The number of hydrogen-bond acceptors (Lipinski definition) is 2. The van der Waals surface area contributed by atoms with Gasteiger partial charge in [-0.15, -0.1) is 0 Å². The van der Waals surface area contributed by atoms with Gasteiger partial charge in [0.25, 0.3) is 5.91 Å². The van der Waals surface area contributed by atoms with Crippen LogP contribution in [-0.2, 0) is 0 Å². The van der Waals surface area contributed by atoms with Crippen LogP contribution in [0.4, 0.5) is 4.39 Å². The minimum atomic E-state index is -0.310. The van der Waals surface area contributed by atoms with Gasteiger partial charge in [0.05, 0.1) is 9.61 Å². The number of nitrogens with one attached hydrogen (secondary N) is 1. The normalized spacial score (nSPS) is 11.9. The molecule has 20 heavy (non-hydrogen) atoms. The van der Waals surface area contributed by atoms with Gasteiger partial charge in [-0.05, 0) is 65.4 Å². The van der Waals surface area contributed by atoms with E-state index in [4.69, 9.17) is 0 Å². The average Bonchev–Trinajstić information content (AvgIpc) is 2.42. The molecule has 0 spiro atoms. The zero-order valence-electron chi connectivity index (χ0n) is 10.7. The molecule has 2 N–H and O–H groups in total. The van der Waals surface area contributed by atoms with Crippen LogP contribution in [0.25, 0.3) is 0 Å². The van der Waals surface area contributed by atoms with Crippen molar-refractivity contribution in [3.63, 3.8) is 0 Å². The summed E-state index contributed by atoms with van der Waals surface area (Å²) in [6.07, 6.45) is 0. The van der Waals surface area contributed by atoms with Crippen LogP contribution < -0.4 is 5.32 Å². The first-order chi connectivity index (χ1) is 9.47. The van der Waals surface area contributed by atoms with Crippen LogP contribution in [0.3, 0.4) is 0 Å². The Morgan fingerprint density at radius 2 is 1.90 bits per heavy atom. The quantitative estimate of drug-likeness (QED) is 0.793. The van der Waals surface area contributed by atoms with E-state index in [1.807, 2.05) is 29.5 Å². The van der Waals surface area contributed by atoms with Gasteiger partial charge in [-0.25, -0.2) is 4.39 Å². The summed E-state index contributed by atoms with van der Waals surface area (Å²) >= 11 is 1.99. The third kappa shape index (κ3) is 3.47. The molecule has 2 aromatic carbocycles. The Kier molecular flexibility index (Phi) is 4.59. The molecular formula is C15H13FINO2. The van der Waals surface area contributed by atoms with Crippen molar-refractivity contribution in [2.75, 3.05) is 0 Å². The largest absolute Gasteiger partial charge is 0.507 e. The first kappa shape index (κ1) is 14.8. The molecule has 1 atom stereocenters. The van der Waals surface area contributed by atoms with Gasteiger partial charge in [-0.3, -0.25) is 4.79 Å². The van der Waals surface area contributed by atoms with Crippen LogP contribution in [-0.4, -0.2) is 11.0 Å². The number of phenolic OH excluding ortho intramolecular Hbond substituents is 1. The number of aromatic hydroxyl groups is 1. The van der Waals surface area contributed by atoms with E-state index in [-0.39, 0.29) is 23.5 Å². The van der Waals surface area contributed by atoms with Gasteiger partial charge in [-0.2, -0.15) is 0 Å². The van der Waals surface area contributed by atoms with Gasteiger partial charge in [0.2, 0.25) is 0 Å². The van der Waals surface area contributed by atoms with Crippen LogP contribution in [0.2, 0.25) is 0 Å². The highest BCUT2D eigenvalue weighted by Crippen LogP contribution is 2.21. The second kappa shape index (κ2) is 6.21. The molecule has 104 valence electrons. The highest BCUT2D eigenvalue weighted by molar-refractivity contribution is 14.1. The fourth-order valence-electron chi connectivity index (χ4n) is 1.77. The zero-order chi connectivity index (χ0) is 14.7. The summed E-state index contributed by atoms with van der Waals surface area (Å²) in [6, 6.07) is 10.5. The highest BCUT2D eigenvalue weighted by atomic mass is 127. The lowest BCUT2D eigenvalue weighted by Gasteiger charge is -2.14. The SMILES string of the molecule is CC(NC(=O)c1ccc(I)c(O)c1)c1ccc(F)cc1. The molecule has 0 bridgehead atoms. The van der Waals surface area contributed by atoms with Gasteiger partial charge >= 0.3 is 0 Å². The summed E-state index contributed by atoms with van der Waals surface area (Å²) in [5.74, 6) is -0.518. The fraction of sp³-hybridized carbons (Fsp3) is 0.133. The maximum absolute atomic E-state index is 12.8. The molecule has 2 aromatic rings. The number of carbonyl (C=O) groups excluding carboxylic acids is 1. The fourth-order valence-corrected chi connectivity index (χ4v) is 2.10. The molecule has 0 aliphatic rings. The van der Waals surface area contributed by atoms with Crippen LogP contribution >= 0.6 is 22.6 Å². The molecule has 0 aliphatic carbocycles. The van der Waals surface area contributed by atoms with Crippen LogP contribution in [0.5, 0.6) is 5.75 Å². The van der Waals surface area contributed by atoms with Crippen molar-refractivity contribution < 1.29 is 14.3 Å². The molecule has 1 unspecified atom stereocenters. The lowest BCUT2D eigenvalue weighted by Crippen LogP contribution is -2.26. The second-order valence-corrected chi connectivity index (χ2v) is 5.58. The molecule has 0 heterocycles. The summed E-state index contributed by atoms with van der Waals surface area (Å²) < 4.78 is 13.5. The number of hydrogen-bond donors (Lipinski definition) is 2. The minimum Gasteiger partial charge on any atom is -0.507 e. The molecule has 3 nitrogen and oxygen atoms in total. The molecule has 0 saturated carbocycles. The number of rotatable bonds is 3. The number of phenols is 1. The Balaban J connectivity index is 2.10. The topological polar surface area (TPSA) is 49.3 Å². The van der Waals surface area contributed by atoms with E-state index in [0.717, 1.165) is 5.56 Å².